The molecule has 1 aromatic carbocycles. The second kappa shape index (κ2) is 5.22. The lowest BCUT2D eigenvalue weighted by molar-refractivity contribution is -0.136. The van der Waals surface area contributed by atoms with E-state index in [1.54, 1.807) is 5.38 Å². The molecule has 0 bridgehead atoms. The van der Waals surface area contributed by atoms with E-state index in [9.17, 15) is 13.6 Å². The minimum Gasteiger partial charge on any atom is -0.481 e. The van der Waals surface area contributed by atoms with Crippen LogP contribution in [0.3, 0.4) is 0 Å². The average molecular weight is 269 g/mol. The summed E-state index contributed by atoms with van der Waals surface area (Å²) in [5, 5.41) is 10.8. The maximum absolute atomic E-state index is 13.5. The van der Waals surface area contributed by atoms with Crippen molar-refractivity contribution in [2.75, 3.05) is 0 Å². The van der Waals surface area contributed by atoms with E-state index in [2.05, 4.69) is 4.98 Å². The molecule has 1 heterocycles. The molecule has 0 saturated carbocycles. The van der Waals surface area contributed by atoms with Gasteiger partial charge in [0.25, 0.3) is 0 Å². The van der Waals surface area contributed by atoms with Gasteiger partial charge in [0.1, 0.15) is 11.6 Å². The molecular weight excluding hydrogens is 260 g/mol. The van der Waals surface area contributed by atoms with Crippen molar-refractivity contribution >= 4 is 17.3 Å². The maximum atomic E-state index is 13.5. The highest BCUT2D eigenvalue weighted by molar-refractivity contribution is 7.09. The first-order chi connectivity index (χ1) is 8.56. The number of aliphatic carboxylic acids is 1. The third-order valence-electron chi connectivity index (χ3n) is 2.31. The van der Waals surface area contributed by atoms with E-state index in [1.165, 1.54) is 17.4 Å². The summed E-state index contributed by atoms with van der Waals surface area (Å²) in [5.74, 6) is -2.22. The Kier molecular flexibility index (Phi) is 3.66. The van der Waals surface area contributed by atoms with Gasteiger partial charge in [-0.25, -0.2) is 13.8 Å². The van der Waals surface area contributed by atoms with Crippen LogP contribution in [0.2, 0.25) is 0 Å². The highest BCUT2D eigenvalue weighted by Gasteiger charge is 2.11. The SMILES string of the molecule is O=C(O)CCc1nc(-c2ccc(F)cc2F)cs1. The number of halogens is 2. The zero-order chi connectivity index (χ0) is 13.1. The highest BCUT2D eigenvalue weighted by atomic mass is 32.1. The number of aryl methyl sites for hydroxylation is 1. The van der Waals surface area contributed by atoms with Gasteiger partial charge in [-0.05, 0) is 12.1 Å². The Bertz CT molecular complexity index is 583. The first kappa shape index (κ1) is 12.6. The summed E-state index contributed by atoms with van der Waals surface area (Å²) in [4.78, 5) is 14.6. The predicted molar refractivity (Wildman–Crippen MR) is 63.4 cm³/mol. The minimum absolute atomic E-state index is 0.0150. The van der Waals surface area contributed by atoms with Crippen LogP contribution in [0.5, 0.6) is 0 Å². The Hall–Kier alpha value is -1.82. The molecule has 0 aliphatic carbocycles. The molecule has 1 aromatic heterocycles. The van der Waals surface area contributed by atoms with Crippen LogP contribution >= 0.6 is 11.3 Å². The maximum Gasteiger partial charge on any atom is 0.303 e. The average Bonchev–Trinajstić information content (AvgIpc) is 2.75. The quantitative estimate of drug-likeness (QED) is 0.927. The largest absolute Gasteiger partial charge is 0.481 e. The van der Waals surface area contributed by atoms with Crippen LogP contribution in [-0.2, 0) is 11.2 Å². The van der Waals surface area contributed by atoms with E-state index in [4.69, 9.17) is 5.11 Å². The molecule has 0 aliphatic heterocycles. The number of nitrogens with zero attached hydrogens (tertiary/aromatic N) is 1. The van der Waals surface area contributed by atoms with Gasteiger partial charge in [-0.1, -0.05) is 0 Å². The summed E-state index contributed by atoms with van der Waals surface area (Å²) in [5.41, 5.74) is 0.618. The molecule has 0 amide bonds. The van der Waals surface area contributed by atoms with Crippen molar-refractivity contribution in [3.8, 4) is 11.3 Å². The molecule has 6 heteroatoms. The molecule has 2 aromatic rings. The van der Waals surface area contributed by atoms with Crippen molar-refractivity contribution < 1.29 is 18.7 Å². The summed E-state index contributed by atoms with van der Waals surface area (Å²) in [7, 11) is 0. The lowest BCUT2D eigenvalue weighted by atomic mass is 10.1. The molecule has 0 unspecified atom stereocenters. The highest BCUT2D eigenvalue weighted by Crippen LogP contribution is 2.25. The van der Waals surface area contributed by atoms with E-state index in [0.29, 0.717) is 17.1 Å². The zero-order valence-electron chi connectivity index (χ0n) is 9.19. The number of hydrogen-bond donors (Lipinski definition) is 1. The lowest BCUT2D eigenvalue weighted by Crippen LogP contribution is -1.97. The number of thiazole rings is 1. The van der Waals surface area contributed by atoms with Gasteiger partial charge in [-0.3, -0.25) is 4.79 Å². The van der Waals surface area contributed by atoms with Crippen LogP contribution in [0.25, 0.3) is 11.3 Å². The smallest absolute Gasteiger partial charge is 0.303 e. The van der Waals surface area contributed by atoms with E-state index >= 15 is 0 Å². The van der Waals surface area contributed by atoms with Crippen molar-refractivity contribution in [1.82, 2.24) is 4.98 Å². The van der Waals surface area contributed by atoms with Gasteiger partial charge in [0.05, 0.1) is 17.1 Å². The van der Waals surface area contributed by atoms with Crippen molar-refractivity contribution in [2.45, 2.75) is 12.8 Å². The molecule has 0 spiro atoms. The fourth-order valence-electron chi connectivity index (χ4n) is 1.46. The number of hydrogen-bond acceptors (Lipinski definition) is 3. The van der Waals surface area contributed by atoms with Gasteiger partial charge in [-0.2, -0.15) is 0 Å². The molecule has 18 heavy (non-hydrogen) atoms. The number of benzene rings is 1. The summed E-state index contributed by atoms with van der Waals surface area (Å²) in [6.45, 7) is 0. The van der Waals surface area contributed by atoms with Crippen LogP contribution in [-0.4, -0.2) is 16.1 Å². The van der Waals surface area contributed by atoms with Crippen molar-refractivity contribution in [1.29, 1.82) is 0 Å². The van der Waals surface area contributed by atoms with Gasteiger partial charge in [0, 0.05) is 23.4 Å². The van der Waals surface area contributed by atoms with E-state index in [0.717, 1.165) is 12.1 Å². The minimum atomic E-state index is -0.903. The van der Waals surface area contributed by atoms with E-state index < -0.39 is 17.6 Å². The van der Waals surface area contributed by atoms with Gasteiger partial charge in [0.2, 0.25) is 0 Å². The fraction of sp³-hybridized carbons (Fsp3) is 0.167. The zero-order valence-corrected chi connectivity index (χ0v) is 10.0. The standard InChI is InChI=1S/C12H9F2NO2S/c13-7-1-2-8(9(14)5-7)10-6-18-11(15-10)3-4-12(16)17/h1-2,5-6H,3-4H2,(H,16,17). The Balaban J connectivity index is 2.21. The van der Waals surface area contributed by atoms with Crippen molar-refractivity contribution in [3.63, 3.8) is 0 Å². The third-order valence-corrected chi connectivity index (χ3v) is 3.22. The second-order valence-electron chi connectivity index (χ2n) is 3.64. The Morgan fingerprint density at radius 2 is 2.17 bits per heavy atom. The van der Waals surface area contributed by atoms with Crippen molar-refractivity contribution in [3.05, 3.63) is 40.2 Å². The Morgan fingerprint density at radius 1 is 1.39 bits per heavy atom. The fourth-order valence-corrected chi connectivity index (χ4v) is 2.26. The van der Waals surface area contributed by atoms with E-state index in [1.807, 2.05) is 0 Å². The number of rotatable bonds is 4. The number of carbonyl (C=O) groups is 1. The van der Waals surface area contributed by atoms with Crippen LogP contribution in [0.1, 0.15) is 11.4 Å². The molecule has 3 nitrogen and oxygen atoms in total. The molecule has 2 rings (SSSR count). The molecule has 0 atom stereocenters. The Labute approximate surface area is 106 Å². The topological polar surface area (TPSA) is 50.2 Å². The lowest BCUT2D eigenvalue weighted by Gasteiger charge is -1.98. The molecule has 1 N–H and O–H groups in total. The molecule has 0 saturated heterocycles. The van der Waals surface area contributed by atoms with Gasteiger partial charge >= 0.3 is 5.97 Å². The molecular formula is C12H9F2NO2S. The third kappa shape index (κ3) is 2.89. The van der Waals surface area contributed by atoms with Crippen LogP contribution in [0, 0.1) is 11.6 Å². The first-order valence-electron chi connectivity index (χ1n) is 5.18. The number of aromatic nitrogens is 1. The summed E-state index contributed by atoms with van der Waals surface area (Å²) in [6, 6.07) is 3.28. The number of carboxylic acid groups (broad SMARTS) is 1. The number of carboxylic acids is 1. The summed E-state index contributed by atoms with van der Waals surface area (Å²) >= 11 is 1.26. The normalized spacial score (nSPS) is 10.6. The van der Waals surface area contributed by atoms with Gasteiger partial charge < -0.3 is 5.11 Å². The Morgan fingerprint density at radius 3 is 2.83 bits per heavy atom. The molecule has 0 fully saturated rings. The molecule has 0 aliphatic rings. The van der Waals surface area contributed by atoms with Gasteiger partial charge in [0.15, 0.2) is 0 Å². The van der Waals surface area contributed by atoms with Gasteiger partial charge in [-0.15, -0.1) is 11.3 Å². The molecule has 94 valence electrons. The summed E-state index contributed by atoms with van der Waals surface area (Å²) in [6.07, 6.45) is 0.293. The van der Waals surface area contributed by atoms with Crippen LogP contribution in [0.15, 0.2) is 23.6 Å². The van der Waals surface area contributed by atoms with Crippen LogP contribution in [0.4, 0.5) is 8.78 Å². The second-order valence-corrected chi connectivity index (χ2v) is 4.59. The van der Waals surface area contributed by atoms with E-state index in [-0.39, 0.29) is 12.0 Å². The predicted octanol–water partition coefficient (Wildman–Crippen LogP) is 3.11. The van der Waals surface area contributed by atoms with Crippen molar-refractivity contribution in [2.24, 2.45) is 0 Å². The van der Waals surface area contributed by atoms with Crippen LogP contribution < -0.4 is 0 Å². The first-order valence-corrected chi connectivity index (χ1v) is 6.06. The monoisotopic (exact) mass is 269 g/mol. The molecule has 0 radical (unpaired) electrons. The summed E-state index contributed by atoms with van der Waals surface area (Å²) < 4.78 is 26.2.